The second kappa shape index (κ2) is 11.8. The van der Waals surface area contributed by atoms with Crippen LogP contribution in [-0.2, 0) is 9.59 Å². The number of carbonyl (C=O) groups excluding carboxylic acids is 5. The molecular formula is C33H40N4O6. The molecular weight excluding hydrogens is 548 g/mol. The highest BCUT2D eigenvalue weighted by Gasteiger charge is 2.53. The molecule has 5 rings (SSSR count). The second-order valence-corrected chi connectivity index (χ2v) is 13.1. The molecule has 1 saturated heterocycles. The topological polar surface area (TPSA) is 134 Å². The number of carbonyl (C=O) groups is 5. The molecule has 43 heavy (non-hydrogen) atoms. The monoisotopic (exact) mass is 588 g/mol. The van der Waals surface area contributed by atoms with E-state index in [1.807, 2.05) is 12.1 Å². The lowest BCUT2D eigenvalue weighted by atomic mass is 9.52. The van der Waals surface area contributed by atoms with Gasteiger partial charge in [0, 0.05) is 30.3 Å². The van der Waals surface area contributed by atoms with Crippen molar-refractivity contribution in [2.75, 3.05) is 18.5 Å². The number of anilines is 1. The van der Waals surface area contributed by atoms with Crippen LogP contribution in [0.3, 0.4) is 0 Å². The Balaban J connectivity index is 1.02. The molecule has 1 aliphatic carbocycles. The van der Waals surface area contributed by atoms with Crippen molar-refractivity contribution in [2.45, 2.75) is 78.3 Å². The number of amides is 5. The van der Waals surface area contributed by atoms with E-state index < -0.39 is 29.7 Å². The lowest BCUT2D eigenvalue weighted by Gasteiger charge is -2.57. The van der Waals surface area contributed by atoms with Crippen LogP contribution in [0.1, 0.15) is 97.3 Å². The van der Waals surface area contributed by atoms with E-state index in [4.69, 9.17) is 4.74 Å². The number of rotatable bonds is 11. The summed E-state index contributed by atoms with van der Waals surface area (Å²) in [5.74, 6) is -1.39. The Bertz CT molecular complexity index is 1430. The lowest BCUT2D eigenvalue weighted by molar-refractivity contribution is -0.136. The molecule has 0 spiro atoms. The number of benzene rings is 2. The van der Waals surface area contributed by atoms with E-state index in [0.717, 1.165) is 42.0 Å². The fraction of sp³-hybridized carbons (Fsp3) is 0.485. The molecule has 2 aliphatic heterocycles. The van der Waals surface area contributed by atoms with Gasteiger partial charge in [-0.1, -0.05) is 27.7 Å². The fourth-order valence-electron chi connectivity index (χ4n) is 7.02. The van der Waals surface area contributed by atoms with Crippen LogP contribution >= 0.6 is 0 Å². The molecule has 1 atom stereocenters. The summed E-state index contributed by atoms with van der Waals surface area (Å²) >= 11 is 0. The van der Waals surface area contributed by atoms with E-state index in [2.05, 4.69) is 43.6 Å². The van der Waals surface area contributed by atoms with Crippen LogP contribution in [0.25, 0.3) is 0 Å². The van der Waals surface area contributed by atoms with Crippen LogP contribution in [0.5, 0.6) is 5.75 Å². The van der Waals surface area contributed by atoms with Gasteiger partial charge in [-0.2, -0.15) is 0 Å². The van der Waals surface area contributed by atoms with Crippen LogP contribution in [0.2, 0.25) is 0 Å². The third-order valence-corrected chi connectivity index (χ3v) is 8.72. The molecule has 0 bridgehead atoms. The molecule has 2 aromatic rings. The van der Waals surface area contributed by atoms with Gasteiger partial charge in [0.15, 0.2) is 0 Å². The van der Waals surface area contributed by atoms with Crippen molar-refractivity contribution in [3.05, 3.63) is 59.2 Å². The van der Waals surface area contributed by atoms with Crippen molar-refractivity contribution < 1.29 is 28.7 Å². The quantitative estimate of drug-likeness (QED) is 0.263. The van der Waals surface area contributed by atoms with E-state index >= 15 is 0 Å². The molecule has 5 amide bonds. The van der Waals surface area contributed by atoms with E-state index in [1.165, 1.54) is 0 Å². The lowest BCUT2D eigenvalue weighted by Crippen LogP contribution is -2.63. The molecule has 2 fully saturated rings. The molecule has 3 N–H and O–H groups in total. The van der Waals surface area contributed by atoms with Crippen LogP contribution in [0.4, 0.5) is 5.69 Å². The minimum absolute atomic E-state index is 0.0594. The summed E-state index contributed by atoms with van der Waals surface area (Å²) in [6, 6.07) is 11.4. The highest BCUT2D eigenvalue weighted by atomic mass is 16.5. The Labute approximate surface area is 251 Å². The average molecular weight is 589 g/mol. The van der Waals surface area contributed by atoms with Crippen LogP contribution in [-0.4, -0.2) is 59.7 Å². The maximum atomic E-state index is 13.0. The number of nitrogens with one attached hydrogen (secondary N) is 3. The molecule has 0 aromatic heterocycles. The zero-order valence-electron chi connectivity index (χ0n) is 25.2. The highest BCUT2D eigenvalue weighted by molar-refractivity contribution is 6.23. The third-order valence-electron chi connectivity index (χ3n) is 8.72. The van der Waals surface area contributed by atoms with Gasteiger partial charge in [0.05, 0.1) is 17.7 Å². The van der Waals surface area contributed by atoms with E-state index in [1.54, 1.807) is 30.3 Å². The molecule has 3 aliphatic rings. The van der Waals surface area contributed by atoms with Crippen molar-refractivity contribution in [3.63, 3.8) is 0 Å². The van der Waals surface area contributed by atoms with Gasteiger partial charge in [0.2, 0.25) is 11.8 Å². The molecule has 2 aromatic carbocycles. The van der Waals surface area contributed by atoms with Crippen LogP contribution in [0, 0.1) is 10.8 Å². The summed E-state index contributed by atoms with van der Waals surface area (Å²) in [6.07, 6.45) is 3.95. The van der Waals surface area contributed by atoms with Crippen molar-refractivity contribution >= 4 is 35.2 Å². The Hall–Kier alpha value is -4.21. The standard InChI is InChI=1S/C33H40N4O6/c1-32(2)19-33(3,4)31(32)36-27(39)20-8-11-22(12-9-20)43-17-7-5-6-16-34-21-10-13-23-24(18-21)30(42)37(29(23)41)25-14-15-26(38)35-28(25)40/h8-13,18,25,31,34H,5-7,14-17,19H2,1-4H3,(H,36,39)(H,35,38,40). The largest absolute Gasteiger partial charge is 0.494 e. The zero-order valence-corrected chi connectivity index (χ0v) is 25.2. The normalized spacial score (nSPS) is 20.7. The van der Waals surface area contributed by atoms with E-state index in [0.29, 0.717) is 18.7 Å². The Morgan fingerprint density at radius 3 is 2.30 bits per heavy atom. The van der Waals surface area contributed by atoms with Crippen LogP contribution < -0.4 is 20.7 Å². The maximum absolute atomic E-state index is 13.0. The summed E-state index contributed by atoms with van der Waals surface area (Å²) in [4.78, 5) is 63.3. The molecule has 1 saturated carbocycles. The number of unbranched alkanes of at least 4 members (excludes halogenated alkanes) is 2. The first-order valence-electron chi connectivity index (χ1n) is 15.0. The molecule has 1 unspecified atom stereocenters. The number of nitrogens with zero attached hydrogens (tertiary/aromatic N) is 1. The first kappa shape index (κ1) is 30.3. The number of ether oxygens (including phenoxy) is 1. The maximum Gasteiger partial charge on any atom is 0.262 e. The first-order valence-corrected chi connectivity index (χ1v) is 15.0. The third kappa shape index (κ3) is 6.28. The number of piperidine rings is 1. The number of imide groups is 2. The second-order valence-electron chi connectivity index (χ2n) is 13.1. The summed E-state index contributed by atoms with van der Waals surface area (Å²) < 4.78 is 5.86. The van der Waals surface area contributed by atoms with Crippen molar-refractivity contribution in [3.8, 4) is 5.75 Å². The smallest absolute Gasteiger partial charge is 0.262 e. The summed E-state index contributed by atoms with van der Waals surface area (Å²) in [6.45, 7) is 9.99. The van der Waals surface area contributed by atoms with Gasteiger partial charge >= 0.3 is 0 Å². The highest BCUT2D eigenvalue weighted by Crippen LogP contribution is 2.53. The van der Waals surface area contributed by atoms with E-state index in [9.17, 15) is 24.0 Å². The Kier molecular flexibility index (Phi) is 8.31. The molecule has 10 heteroatoms. The Morgan fingerprint density at radius 2 is 1.63 bits per heavy atom. The van der Waals surface area contributed by atoms with Crippen LogP contribution in [0.15, 0.2) is 42.5 Å². The first-order chi connectivity index (χ1) is 20.4. The van der Waals surface area contributed by atoms with Crippen molar-refractivity contribution in [1.29, 1.82) is 0 Å². The molecule has 228 valence electrons. The van der Waals surface area contributed by atoms with Gasteiger partial charge in [-0.15, -0.1) is 0 Å². The van der Waals surface area contributed by atoms with Gasteiger partial charge in [0.25, 0.3) is 17.7 Å². The number of hydrogen-bond acceptors (Lipinski definition) is 7. The van der Waals surface area contributed by atoms with Crippen molar-refractivity contribution in [1.82, 2.24) is 15.5 Å². The molecule has 0 radical (unpaired) electrons. The molecule has 10 nitrogen and oxygen atoms in total. The zero-order chi connectivity index (χ0) is 30.9. The average Bonchev–Trinajstić information content (AvgIpc) is 3.19. The van der Waals surface area contributed by atoms with Gasteiger partial charge < -0.3 is 15.4 Å². The summed E-state index contributed by atoms with van der Waals surface area (Å²) in [5.41, 5.74) is 2.05. The van der Waals surface area contributed by atoms with Gasteiger partial charge in [-0.05, 0) is 85.4 Å². The summed E-state index contributed by atoms with van der Waals surface area (Å²) in [7, 11) is 0. The molecule has 2 heterocycles. The van der Waals surface area contributed by atoms with E-state index in [-0.39, 0.29) is 46.7 Å². The minimum Gasteiger partial charge on any atom is -0.494 e. The predicted octanol–water partition coefficient (Wildman–Crippen LogP) is 4.30. The predicted molar refractivity (Wildman–Crippen MR) is 161 cm³/mol. The number of fused-ring (bicyclic) bond motifs is 1. The van der Waals surface area contributed by atoms with Gasteiger partial charge in [-0.3, -0.25) is 34.2 Å². The fourth-order valence-corrected chi connectivity index (χ4v) is 7.02. The van der Waals surface area contributed by atoms with Crippen molar-refractivity contribution in [2.24, 2.45) is 10.8 Å². The van der Waals surface area contributed by atoms with Gasteiger partial charge in [-0.25, -0.2) is 0 Å². The minimum atomic E-state index is -0.974. The van der Waals surface area contributed by atoms with Gasteiger partial charge in [0.1, 0.15) is 11.8 Å². The Morgan fingerprint density at radius 1 is 0.930 bits per heavy atom. The summed E-state index contributed by atoms with van der Waals surface area (Å²) in [5, 5.41) is 8.70. The number of hydrogen-bond donors (Lipinski definition) is 3. The SMILES string of the molecule is CC1(C)CC(C)(C)C1NC(=O)c1ccc(OCCCCCNc2ccc3c(c2)C(=O)N(C2CCC(=O)NC2=O)C3=O)cc1.